The van der Waals surface area contributed by atoms with E-state index in [4.69, 9.17) is 16.3 Å². The summed E-state index contributed by atoms with van der Waals surface area (Å²) in [4.78, 5) is 11.1. The first-order valence-electron chi connectivity index (χ1n) is 6.23. The molecule has 5 heteroatoms. The molecule has 5 nitrogen and oxygen atoms in total. The van der Waals surface area contributed by atoms with Crippen LogP contribution < -0.4 is 11.6 Å². The van der Waals surface area contributed by atoms with E-state index < -0.39 is 0 Å². The Hall–Kier alpha value is -1.23. The molecule has 0 aromatic heterocycles. The van der Waals surface area contributed by atoms with Crippen molar-refractivity contribution in [2.45, 2.75) is 46.0 Å². The molecule has 100 valence electrons. The SMILES string of the molecule is CCCC/C(N)=C/N(N)CCCC(=O)OCC. The van der Waals surface area contributed by atoms with Crippen LogP contribution in [0.2, 0.25) is 0 Å². The van der Waals surface area contributed by atoms with Gasteiger partial charge in [0.25, 0.3) is 0 Å². The van der Waals surface area contributed by atoms with Gasteiger partial charge in [0.1, 0.15) is 0 Å². The molecule has 0 unspecified atom stereocenters. The maximum atomic E-state index is 11.1. The van der Waals surface area contributed by atoms with Gasteiger partial charge < -0.3 is 15.5 Å². The van der Waals surface area contributed by atoms with Crippen molar-refractivity contribution in [2.75, 3.05) is 13.2 Å². The monoisotopic (exact) mass is 243 g/mol. The molecule has 0 radical (unpaired) electrons. The minimum atomic E-state index is -0.177. The summed E-state index contributed by atoms with van der Waals surface area (Å²) in [6.45, 7) is 4.94. The molecule has 0 bridgehead atoms. The number of nitrogens with zero attached hydrogens (tertiary/aromatic N) is 1. The molecule has 0 fully saturated rings. The molecule has 0 rings (SSSR count). The normalized spacial score (nSPS) is 11.4. The second-order valence-corrected chi connectivity index (χ2v) is 3.95. The fourth-order valence-electron chi connectivity index (χ4n) is 1.36. The number of ether oxygens (including phenoxy) is 1. The Morgan fingerprint density at radius 3 is 2.59 bits per heavy atom. The van der Waals surface area contributed by atoms with Crippen molar-refractivity contribution < 1.29 is 9.53 Å². The molecular formula is C12H25N3O2. The van der Waals surface area contributed by atoms with Gasteiger partial charge in [0, 0.05) is 24.9 Å². The topological polar surface area (TPSA) is 81.6 Å². The first kappa shape index (κ1) is 15.8. The lowest BCUT2D eigenvalue weighted by molar-refractivity contribution is -0.143. The van der Waals surface area contributed by atoms with Gasteiger partial charge in [-0.05, 0) is 26.2 Å². The first-order valence-corrected chi connectivity index (χ1v) is 6.23. The molecule has 0 aliphatic heterocycles. The van der Waals surface area contributed by atoms with Crippen LogP contribution in [0.4, 0.5) is 0 Å². The fraction of sp³-hybridized carbons (Fsp3) is 0.750. The smallest absolute Gasteiger partial charge is 0.305 e. The summed E-state index contributed by atoms with van der Waals surface area (Å²) in [5.41, 5.74) is 6.57. The lowest BCUT2D eigenvalue weighted by Gasteiger charge is -2.14. The molecule has 4 N–H and O–H groups in total. The van der Waals surface area contributed by atoms with Crippen molar-refractivity contribution in [3.63, 3.8) is 0 Å². The molecule has 0 atom stereocenters. The highest BCUT2D eigenvalue weighted by Gasteiger charge is 2.02. The van der Waals surface area contributed by atoms with Gasteiger partial charge in [0.05, 0.1) is 6.61 Å². The quantitative estimate of drug-likeness (QED) is 0.364. The number of allylic oxidation sites excluding steroid dienone is 1. The summed E-state index contributed by atoms with van der Waals surface area (Å²) in [6, 6.07) is 0. The number of hydrogen-bond acceptors (Lipinski definition) is 5. The Balaban J connectivity index is 3.71. The van der Waals surface area contributed by atoms with Gasteiger partial charge in [-0.1, -0.05) is 13.3 Å². The fourth-order valence-corrected chi connectivity index (χ4v) is 1.36. The number of esters is 1. The maximum Gasteiger partial charge on any atom is 0.305 e. The molecule has 0 heterocycles. The Morgan fingerprint density at radius 1 is 1.29 bits per heavy atom. The summed E-state index contributed by atoms with van der Waals surface area (Å²) in [5, 5.41) is 1.53. The van der Waals surface area contributed by atoms with Gasteiger partial charge >= 0.3 is 5.97 Å². The van der Waals surface area contributed by atoms with Crippen molar-refractivity contribution in [3.8, 4) is 0 Å². The van der Waals surface area contributed by atoms with Crippen molar-refractivity contribution in [2.24, 2.45) is 11.6 Å². The Morgan fingerprint density at radius 2 is 2.00 bits per heavy atom. The summed E-state index contributed by atoms with van der Waals surface area (Å²) in [6.07, 6.45) is 5.85. The van der Waals surface area contributed by atoms with Crippen molar-refractivity contribution in [3.05, 3.63) is 11.9 Å². The standard InChI is InChI=1S/C12H25N3O2/c1-3-5-7-11(13)10-15(14)9-6-8-12(16)17-4-2/h10H,3-9,13-14H2,1-2H3/b11-10-. The lowest BCUT2D eigenvalue weighted by Crippen LogP contribution is -2.28. The van der Waals surface area contributed by atoms with Crippen molar-refractivity contribution in [1.82, 2.24) is 5.01 Å². The second-order valence-electron chi connectivity index (χ2n) is 3.95. The number of hydrazine groups is 1. The number of carbonyl (C=O) groups excluding carboxylic acids is 1. The summed E-state index contributed by atoms with van der Waals surface area (Å²) in [5.74, 6) is 5.55. The highest BCUT2D eigenvalue weighted by molar-refractivity contribution is 5.69. The maximum absolute atomic E-state index is 11.1. The van der Waals surface area contributed by atoms with E-state index in [1.54, 1.807) is 13.1 Å². The number of rotatable bonds is 9. The lowest BCUT2D eigenvalue weighted by atomic mass is 10.2. The van der Waals surface area contributed by atoms with Crippen LogP contribution in [0.1, 0.15) is 46.0 Å². The van der Waals surface area contributed by atoms with Crippen LogP contribution in [0, 0.1) is 0 Å². The first-order chi connectivity index (χ1) is 8.10. The zero-order valence-electron chi connectivity index (χ0n) is 10.9. The Kier molecular flexibility index (Phi) is 9.24. The van der Waals surface area contributed by atoms with Crippen LogP contribution in [0.5, 0.6) is 0 Å². The van der Waals surface area contributed by atoms with Gasteiger partial charge in [-0.25, -0.2) is 5.84 Å². The van der Waals surface area contributed by atoms with Crippen LogP contribution in [0.3, 0.4) is 0 Å². The molecule has 0 aromatic carbocycles. The minimum Gasteiger partial charge on any atom is -0.466 e. The third-order valence-electron chi connectivity index (χ3n) is 2.25. The molecule has 0 saturated carbocycles. The molecule has 0 spiro atoms. The van der Waals surface area contributed by atoms with Gasteiger partial charge in [-0.15, -0.1) is 0 Å². The van der Waals surface area contributed by atoms with Gasteiger partial charge in [-0.3, -0.25) is 4.79 Å². The number of carbonyl (C=O) groups is 1. The van der Waals surface area contributed by atoms with Gasteiger partial charge in [0.2, 0.25) is 0 Å². The van der Waals surface area contributed by atoms with E-state index in [0.717, 1.165) is 25.0 Å². The van der Waals surface area contributed by atoms with Crippen molar-refractivity contribution >= 4 is 5.97 Å². The van der Waals surface area contributed by atoms with Crippen LogP contribution in [0.25, 0.3) is 0 Å². The van der Waals surface area contributed by atoms with Gasteiger partial charge in [0.15, 0.2) is 0 Å². The third kappa shape index (κ3) is 9.68. The summed E-state index contributed by atoms with van der Waals surface area (Å²) < 4.78 is 4.82. The zero-order valence-corrected chi connectivity index (χ0v) is 10.9. The molecule has 0 amide bonds. The van der Waals surface area contributed by atoms with E-state index in [1.807, 2.05) is 0 Å². The number of unbranched alkanes of at least 4 members (excludes halogenated alkanes) is 1. The second kappa shape index (κ2) is 9.96. The van der Waals surface area contributed by atoms with Gasteiger partial charge in [-0.2, -0.15) is 0 Å². The average Bonchev–Trinajstić information content (AvgIpc) is 2.26. The largest absolute Gasteiger partial charge is 0.466 e. The third-order valence-corrected chi connectivity index (χ3v) is 2.25. The predicted octanol–water partition coefficient (Wildman–Crippen LogP) is 1.50. The molecule has 0 saturated heterocycles. The van der Waals surface area contributed by atoms with Crippen LogP contribution in [0.15, 0.2) is 11.9 Å². The van der Waals surface area contributed by atoms with E-state index in [9.17, 15) is 4.79 Å². The number of nitrogens with two attached hydrogens (primary N) is 2. The molecule has 0 aromatic rings. The van der Waals surface area contributed by atoms with Crippen LogP contribution in [-0.4, -0.2) is 24.1 Å². The zero-order chi connectivity index (χ0) is 13.1. The van der Waals surface area contributed by atoms with E-state index in [2.05, 4.69) is 6.92 Å². The molecular weight excluding hydrogens is 218 g/mol. The van der Waals surface area contributed by atoms with Crippen LogP contribution >= 0.6 is 0 Å². The Labute approximate surface area is 104 Å². The van der Waals surface area contributed by atoms with Crippen LogP contribution in [-0.2, 0) is 9.53 Å². The highest BCUT2D eigenvalue weighted by atomic mass is 16.5. The summed E-state index contributed by atoms with van der Waals surface area (Å²) >= 11 is 0. The number of hydrogen-bond donors (Lipinski definition) is 2. The molecule has 0 aliphatic rings. The summed E-state index contributed by atoms with van der Waals surface area (Å²) in [7, 11) is 0. The van der Waals surface area contributed by atoms with E-state index in [1.165, 1.54) is 5.01 Å². The van der Waals surface area contributed by atoms with E-state index in [0.29, 0.717) is 26.0 Å². The minimum absolute atomic E-state index is 0.177. The predicted molar refractivity (Wildman–Crippen MR) is 68.6 cm³/mol. The average molecular weight is 243 g/mol. The van der Waals surface area contributed by atoms with E-state index in [-0.39, 0.29) is 5.97 Å². The Bertz CT molecular complexity index is 242. The highest BCUT2D eigenvalue weighted by Crippen LogP contribution is 2.02. The van der Waals surface area contributed by atoms with Crippen molar-refractivity contribution in [1.29, 1.82) is 0 Å². The molecule has 17 heavy (non-hydrogen) atoms. The molecule has 0 aliphatic carbocycles. The van der Waals surface area contributed by atoms with E-state index >= 15 is 0 Å².